The van der Waals surface area contributed by atoms with Crippen LogP contribution in [0.3, 0.4) is 0 Å². The fraction of sp³-hybridized carbons (Fsp3) is 0.200. The number of hydrogen-bond acceptors (Lipinski definition) is 8. The molecule has 0 aliphatic rings. The molecule has 0 aliphatic heterocycles. The minimum absolute atomic E-state index is 0.0758. The number of carbonyl (C=O) groups is 2. The Morgan fingerprint density at radius 1 is 1.22 bits per heavy atom. The van der Waals surface area contributed by atoms with Crippen molar-refractivity contribution >= 4 is 71.7 Å². The number of carboxylic acid groups (broad SMARTS) is 1. The standard InChI is InChI=1S/C20H17ClN4O5S2/c1-10(26)20-24-19-13(22)8-12(9-16(19)31-20)32(29,30)25-11(3-2-4-18(27)28)7-14-15(25)5-6-17(21)23-14/h5-9H,2-4,22H2,1H3,(H,27,28). The number of nitrogen functional groups attached to an aromatic ring is 1. The molecule has 3 N–H and O–H groups in total. The average Bonchev–Trinajstić information content (AvgIpc) is 3.29. The van der Waals surface area contributed by atoms with Crippen LogP contribution < -0.4 is 5.73 Å². The first kappa shape index (κ1) is 22.2. The molecule has 0 bridgehead atoms. The number of ketones is 1. The number of benzene rings is 1. The second-order valence-electron chi connectivity index (χ2n) is 7.13. The predicted molar refractivity (Wildman–Crippen MR) is 122 cm³/mol. The van der Waals surface area contributed by atoms with Gasteiger partial charge in [-0.1, -0.05) is 11.6 Å². The van der Waals surface area contributed by atoms with Crippen molar-refractivity contribution in [3.8, 4) is 0 Å². The highest BCUT2D eigenvalue weighted by molar-refractivity contribution is 7.90. The lowest BCUT2D eigenvalue weighted by Crippen LogP contribution is -2.16. The van der Waals surface area contributed by atoms with E-state index in [1.54, 1.807) is 12.1 Å². The summed E-state index contributed by atoms with van der Waals surface area (Å²) in [5.74, 6) is -1.21. The molecule has 0 aliphatic carbocycles. The van der Waals surface area contributed by atoms with Crippen LogP contribution in [0.1, 0.15) is 35.3 Å². The summed E-state index contributed by atoms with van der Waals surface area (Å²) >= 11 is 7.04. The number of nitrogens with zero attached hydrogens (tertiary/aromatic N) is 3. The minimum atomic E-state index is -4.14. The number of aliphatic carboxylic acids is 1. The Morgan fingerprint density at radius 3 is 2.66 bits per heavy atom. The molecule has 12 heteroatoms. The van der Waals surface area contributed by atoms with Crippen LogP contribution in [0, 0.1) is 0 Å². The number of aromatic nitrogens is 3. The maximum absolute atomic E-state index is 13.7. The lowest BCUT2D eigenvalue weighted by molar-refractivity contribution is -0.137. The fourth-order valence-electron chi connectivity index (χ4n) is 3.40. The van der Waals surface area contributed by atoms with Gasteiger partial charge in [-0.2, -0.15) is 0 Å². The number of hydrogen-bond donors (Lipinski definition) is 2. The van der Waals surface area contributed by atoms with Gasteiger partial charge in [0.1, 0.15) is 10.7 Å². The molecule has 0 unspecified atom stereocenters. The third kappa shape index (κ3) is 3.94. The van der Waals surface area contributed by atoms with Crippen LogP contribution in [-0.2, 0) is 21.2 Å². The third-order valence-corrected chi connectivity index (χ3v) is 7.87. The summed E-state index contributed by atoms with van der Waals surface area (Å²) in [6.07, 6.45) is 0.336. The number of rotatable bonds is 7. The summed E-state index contributed by atoms with van der Waals surface area (Å²) in [5.41, 5.74) is 7.63. The van der Waals surface area contributed by atoms with Crippen LogP contribution in [0.5, 0.6) is 0 Å². The Bertz CT molecular complexity index is 1510. The highest BCUT2D eigenvalue weighted by Gasteiger charge is 2.26. The Kier molecular flexibility index (Phi) is 5.65. The Hall–Kier alpha value is -3.02. The van der Waals surface area contributed by atoms with Crippen molar-refractivity contribution in [2.75, 3.05) is 5.73 Å². The minimum Gasteiger partial charge on any atom is -0.481 e. The molecule has 9 nitrogen and oxygen atoms in total. The van der Waals surface area contributed by atoms with Crippen molar-refractivity contribution in [1.29, 1.82) is 0 Å². The molecule has 0 radical (unpaired) electrons. The van der Waals surface area contributed by atoms with Gasteiger partial charge < -0.3 is 10.8 Å². The first-order valence-electron chi connectivity index (χ1n) is 9.43. The number of pyridine rings is 1. The number of fused-ring (bicyclic) bond motifs is 2. The number of carboxylic acids is 1. The molecular weight excluding hydrogens is 476 g/mol. The van der Waals surface area contributed by atoms with E-state index in [1.165, 1.54) is 25.1 Å². The molecule has 166 valence electrons. The van der Waals surface area contributed by atoms with Crippen molar-refractivity contribution in [2.24, 2.45) is 0 Å². The van der Waals surface area contributed by atoms with Gasteiger partial charge in [-0.3, -0.25) is 9.59 Å². The van der Waals surface area contributed by atoms with Crippen molar-refractivity contribution in [3.05, 3.63) is 46.2 Å². The van der Waals surface area contributed by atoms with E-state index < -0.39 is 16.0 Å². The SMILES string of the molecule is CC(=O)c1nc2c(N)cc(S(=O)(=O)n3c(CCCC(=O)O)cc4nc(Cl)ccc43)cc2s1. The highest BCUT2D eigenvalue weighted by Crippen LogP contribution is 2.33. The van der Waals surface area contributed by atoms with E-state index in [-0.39, 0.29) is 45.8 Å². The highest BCUT2D eigenvalue weighted by atomic mass is 35.5. The lowest BCUT2D eigenvalue weighted by Gasteiger charge is -2.12. The van der Waals surface area contributed by atoms with Crippen molar-refractivity contribution in [2.45, 2.75) is 31.1 Å². The zero-order chi connectivity index (χ0) is 23.2. The molecule has 0 atom stereocenters. The molecule has 4 rings (SSSR count). The number of halogens is 1. The topological polar surface area (TPSA) is 145 Å². The molecule has 32 heavy (non-hydrogen) atoms. The van der Waals surface area contributed by atoms with E-state index >= 15 is 0 Å². The van der Waals surface area contributed by atoms with Gasteiger partial charge in [-0.15, -0.1) is 11.3 Å². The molecular formula is C20H17ClN4O5S2. The lowest BCUT2D eigenvalue weighted by atomic mass is 10.2. The van der Waals surface area contributed by atoms with Crippen LogP contribution in [0.25, 0.3) is 21.3 Å². The number of carbonyl (C=O) groups excluding carboxylic acids is 1. The molecule has 3 heterocycles. The van der Waals surface area contributed by atoms with Crippen molar-refractivity contribution in [1.82, 2.24) is 13.9 Å². The van der Waals surface area contributed by atoms with Gasteiger partial charge in [0.15, 0.2) is 10.8 Å². The summed E-state index contributed by atoms with van der Waals surface area (Å²) in [6, 6.07) is 7.35. The van der Waals surface area contributed by atoms with E-state index in [0.717, 1.165) is 15.3 Å². The molecule has 0 spiro atoms. The van der Waals surface area contributed by atoms with E-state index in [9.17, 15) is 18.0 Å². The largest absolute Gasteiger partial charge is 0.481 e. The zero-order valence-electron chi connectivity index (χ0n) is 16.7. The Labute approximate surface area is 191 Å². The van der Waals surface area contributed by atoms with Gasteiger partial charge >= 0.3 is 5.97 Å². The fourth-order valence-corrected chi connectivity index (χ4v) is 6.19. The maximum Gasteiger partial charge on any atom is 0.303 e. The van der Waals surface area contributed by atoms with Gasteiger partial charge in [0, 0.05) is 19.0 Å². The van der Waals surface area contributed by atoms with E-state index in [2.05, 4.69) is 9.97 Å². The average molecular weight is 493 g/mol. The summed E-state index contributed by atoms with van der Waals surface area (Å²) in [5, 5.41) is 9.39. The second kappa shape index (κ2) is 8.15. The van der Waals surface area contributed by atoms with Crippen LogP contribution in [0.4, 0.5) is 5.69 Å². The summed E-state index contributed by atoms with van der Waals surface area (Å²) in [7, 11) is -4.14. The quantitative estimate of drug-likeness (QED) is 0.225. The summed E-state index contributed by atoms with van der Waals surface area (Å²) in [4.78, 5) is 30.9. The molecule has 1 aromatic carbocycles. The van der Waals surface area contributed by atoms with Crippen molar-refractivity contribution in [3.63, 3.8) is 0 Å². The van der Waals surface area contributed by atoms with E-state index in [0.29, 0.717) is 26.9 Å². The first-order chi connectivity index (χ1) is 15.1. The number of Topliss-reactive ketones (excluding diaryl/α,β-unsaturated/α-hetero) is 1. The number of thiazole rings is 1. The Morgan fingerprint density at radius 2 is 1.97 bits per heavy atom. The van der Waals surface area contributed by atoms with Crippen molar-refractivity contribution < 1.29 is 23.1 Å². The molecule has 0 fully saturated rings. The number of anilines is 1. The molecule has 0 amide bonds. The molecule has 3 aromatic heterocycles. The van der Waals surface area contributed by atoms with Crippen LogP contribution in [0.15, 0.2) is 35.2 Å². The number of aryl methyl sites for hydroxylation is 1. The maximum atomic E-state index is 13.7. The second-order valence-corrected chi connectivity index (χ2v) is 10.3. The summed E-state index contributed by atoms with van der Waals surface area (Å²) in [6.45, 7) is 1.37. The van der Waals surface area contributed by atoms with Gasteiger partial charge in [0.05, 0.1) is 26.3 Å². The zero-order valence-corrected chi connectivity index (χ0v) is 19.1. The monoisotopic (exact) mass is 492 g/mol. The van der Waals surface area contributed by atoms with E-state index in [1.807, 2.05) is 0 Å². The van der Waals surface area contributed by atoms with Gasteiger partial charge in [0.25, 0.3) is 10.0 Å². The van der Waals surface area contributed by atoms with Crippen LogP contribution in [-0.4, -0.2) is 39.2 Å². The summed E-state index contributed by atoms with van der Waals surface area (Å²) < 4.78 is 29.0. The van der Waals surface area contributed by atoms with Crippen LogP contribution in [0.2, 0.25) is 5.15 Å². The van der Waals surface area contributed by atoms with Crippen LogP contribution >= 0.6 is 22.9 Å². The van der Waals surface area contributed by atoms with Gasteiger partial charge in [0.2, 0.25) is 0 Å². The molecule has 0 saturated heterocycles. The first-order valence-corrected chi connectivity index (χ1v) is 12.1. The smallest absolute Gasteiger partial charge is 0.303 e. The number of nitrogens with two attached hydrogens (primary N) is 1. The van der Waals surface area contributed by atoms with Gasteiger partial charge in [-0.05, 0) is 43.2 Å². The predicted octanol–water partition coefficient (Wildman–Crippen LogP) is 3.73. The van der Waals surface area contributed by atoms with Gasteiger partial charge in [-0.25, -0.2) is 22.4 Å². The normalized spacial score (nSPS) is 11.9. The Balaban J connectivity index is 1.90. The third-order valence-electron chi connectivity index (χ3n) is 4.81. The van der Waals surface area contributed by atoms with E-state index in [4.69, 9.17) is 22.4 Å². The molecule has 0 saturated carbocycles. The molecule has 4 aromatic rings.